The Labute approximate surface area is 75.2 Å². The molecule has 0 aromatic rings. The summed E-state index contributed by atoms with van der Waals surface area (Å²) in [5, 5.41) is 9.99. The Morgan fingerprint density at radius 1 is 1.58 bits per heavy atom. The van der Waals surface area contributed by atoms with Crippen molar-refractivity contribution in [3.05, 3.63) is 0 Å². The van der Waals surface area contributed by atoms with Crippen LogP contribution in [0.25, 0.3) is 0 Å². The lowest BCUT2D eigenvalue weighted by molar-refractivity contribution is -0.0342. The molecule has 1 heteroatoms. The first-order valence-corrected chi connectivity index (χ1v) is 4.82. The van der Waals surface area contributed by atoms with Gasteiger partial charge >= 0.3 is 0 Å². The molecule has 0 radical (unpaired) electrons. The molecule has 0 aliphatic heterocycles. The number of terminal acetylenes is 1. The minimum absolute atomic E-state index is 0.433. The van der Waals surface area contributed by atoms with E-state index in [9.17, 15) is 5.11 Å². The zero-order valence-electron chi connectivity index (χ0n) is 7.84. The van der Waals surface area contributed by atoms with Crippen molar-refractivity contribution >= 4 is 0 Å². The van der Waals surface area contributed by atoms with E-state index in [1.807, 2.05) is 6.92 Å². The molecule has 68 valence electrons. The SMILES string of the molecule is C#CCC[C@@H]1CCCC[C@@]1(C)O. The summed E-state index contributed by atoms with van der Waals surface area (Å²) in [7, 11) is 0. The number of aliphatic hydroxyl groups is 1. The van der Waals surface area contributed by atoms with Crippen LogP contribution < -0.4 is 0 Å². The van der Waals surface area contributed by atoms with Crippen LogP contribution in [-0.4, -0.2) is 10.7 Å². The van der Waals surface area contributed by atoms with Gasteiger partial charge in [-0.05, 0) is 32.1 Å². The minimum Gasteiger partial charge on any atom is -0.390 e. The van der Waals surface area contributed by atoms with Crippen LogP contribution >= 0.6 is 0 Å². The van der Waals surface area contributed by atoms with Gasteiger partial charge in [-0.3, -0.25) is 0 Å². The fourth-order valence-electron chi connectivity index (χ4n) is 2.10. The molecule has 1 aliphatic carbocycles. The van der Waals surface area contributed by atoms with Crippen molar-refractivity contribution in [3.8, 4) is 12.3 Å². The van der Waals surface area contributed by atoms with Gasteiger partial charge in [-0.2, -0.15) is 0 Å². The Balaban J connectivity index is 2.44. The van der Waals surface area contributed by atoms with E-state index in [2.05, 4.69) is 5.92 Å². The summed E-state index contributed by atoms with van der Waals surface area (Å²) >= 11 is 0. The Morgan fingerprint density at radius 2 is 2.33 bits per heavy atom. The highest BCUT2D eigenvalue weighted by Crippen LogP contribution is 2.35. The second-order valence-electron chi connectivity index (χ2n) is 4.04. The van der Waals surface area contributed by atoms with Crippen LogP contribution in [0.5, 0.6) is 0 Å². The first-order chi connectivity index (χ1) is 5.67. The van der Waals surface area contributed by atoms with Gasteiger partial charge in [-0.1, -0.05) is 12.8 Å². The summed E-state index contributed by atoms with van der Waals surface area (Å²) in [4.78, 5) is 0. The lowest BCUT2D eigenvalue weighted by Crippen LogP contribution is -2.37. The second-order valence-corrected chi connectivity index (χ2v) is 4.04. The lowest BCUT2D eigenvalue weighted by atomic mass is 9.74. The van der Waals surface area contributed by atoms with Crippen LogP contribution in [0.2, 0.25) is 0 Å². The van der Waals surface area contributed by atoms with Crippen molar-refractivity contribution < 1.29 is 5.11 Å². The third-order valence-corrected chi connectivity index (χ3v) is 3.00. The summed E-state index contributed by atoms with van der Waals surface area (Å²) in [5.74, 6) is 3.07. The molecule has 1 fully saturated rings. The zero-order valence-corrected chi connectivity index (χ0v) is 7.84. The Kier molecular flexibility index (Phi) is 3.17. The lowest BCUT2D eigenvalue weighted by Gasteiger charge is -2.36. The Morgan fingerprint density at radius 3 is 2.92 bits per heavy atom. The highest BCUT2D eigenvalue weighted by molar-refractivity contribution is 4.90. The third-order valence-electron chi connectivity index (χ3n) is 3.00. The molecule has 1 aliphatic rings. The monoisotopic (exact) mass is 166 g/mol. The molecule has 12 heavy (non-hydrogen) atoms. The molecule has 0 heterocycles. The maximum atomic E-state index is 9.99. The van der Waals surface area contributed by atoms with Crippen molar-refractivity contribution in [3.63, 3.8) is 0 Å². The van der Waals surface area contributed by atoms with E-state index in [-0.39, 0.29) is 0 Å². The molecule has 0 amide bonds. The van der Waals surface area contributed by atoms with Gasteiger partial charge in [-0.25, -0.2) is 0 Å². The molecule has 1 saturated carbocycles. The maximum absolute atomic E-state index is 9.99. The van der Waals surface area contributed by atoms with Crippen LogP contribution in [0.15, 0.2) is 0 Å². The van der Waals surface area contributed by atoms with Crippen molar-refractivity contribution in [1.29, 1.82) is 0 Å². The van der Waals surface area contributed by atoms with E-state index >= 15 is 0 Å². The van der Waals surface area contributed by atoms with E-state index in [0.717, 1.165) is 25.7 Å². The van der Waals surface area contributed by atoms with Crippen LogP contribution in [-0.2, 0) is 0 Å². The van der Waals surface area contributed by atoms with Gasteiger partial charge in [0.15, 0.2) is 0 Å². The highest BCUT2D eigenvalue weighted by atomic mass is 16.3. The van der Waals surface area contributed by atoms with Gasteiger partial charge in [0.25, 0.3) is 0 Å². The molecule has 0 unspecified atom stereocenters. The number of rotatable bonds is 2. The smallest absolute Gasteiger partial charge is 0.0648 e. The largest absolute Gasteiger partial charge is 0.390 e. The van der Waals surface area contributed by atoms with Crippen molar-refractivity contribution in [1.82, 2.24) is 0 Å². The van der Waals surface area contributed by atoms with Gasteiger partial charge in [0.05, 0.1) is 5.60 Å². The molecular formula is C11H18O. The molecular weight excluding hydrogens is 148 g/mol. The Bertz CT molecular complexity index is 176. The second kappa shape index (κ2) is 3.96. The highest BCUT2D eigenvalue weighted by Gasteiger charge is 2.33. The number of hydrogen-bond acceptors (Lipinski definition) is 1. The van der Waals surface area contributed by atoms with E-state index in [0.29, 0.717) is 5.92 Å². The number of hydrogen-bond donors (Lipinski definition) is 1. The summed E-state index contributed by atoms with van der Waals surface area (Å²) in [6.07, 6.45) is 11.5. The molecule has 1 nitrogen and oxygen atoms in total. The van der Waals surface area contributed by atoms with Crippen LogP contribution in [0.3, 0.4) is 0 Å². The zero-order chi connectivity index (χ0) is 9.03. The first-order valence-electron chi connectivity index (χ1n) is 4.82. The van der Waals surface area contributed by atoms with E-state index < -0.39 is 5.60 Å². The topological polar surface area (TPSA) is 20.2 Å². The summed E-state index contributed by atoms with van der Waals surface area (Å²) in [5.41, 5.74) is -0.449. The van der Waals surface area contributed by atoms with Crippen LogP contribution in [0.4, 0.5) is 0 Å². The molecule has 0 spiro atoms. The van der Waals surface area contributed by atoms with E-state index in [1.165, 1.54) is 12.8 Å². The van der Waals surface area contributed by atoms with Gasteiger partial charge in [-0.15, -0.1) is 12.3 Å². The average molecular weight is 166 g/mol. The van der Waals surface area contributed by atoms with Gasteiger partial charge in [0, 0.05) is 6.42 Å². The van der Waals surface area contributed by atoms with E-state index in [1.54, 1.807) is 0 Å². The molecule has 0 saturated heterocycles. The standard InChI is InChI=1S/C11H18O/c1-3-4-7-10-8-5-6-9-11(10,2)12/h1,10,12H,4-9H2,2H3/t10-,11-/m1/s1. The van der Waals surface area contributed by atoms with Crippen molar-refractivity contribution in [2.45, 2.75) is 51.0 Å². The fourth-order valence-corrected chi connectivity index (χ4v) is 2.10. The predicted octanol–water partition coefficient (Wildman–Crippen LogP) is 2.34. The molecule has 1 rings (SSSR count). The molecule has 0 bridgehead atoms. The summed E-state index contributed by atoms with van der Waals surface area (Å²) in [6.45, 7) is 1.95. The molecule has 0 aromatic heterocycles. The quantitative estimate of drug-likeness (QED) is 0.624. The normalized spacial score (nSPS) is 35.9. The van der Waals surface area contributed by atoms with Crippen LogP contribution in [0, 0.1) is 18.3 Å². The minimum atomic E-state index is -0.449. The molecule has 1 N–H and O–H groups in total. The van der Waals surface area contributed by atoms with Crippen molar-refractivity contribution in [2.75, 3.05) is 0 Å². The third kappa shape index (κ3) is 2.25. The van der Waals surface area contributed by atoms with Crippen LogP contribution in [0.1, 0.15) is 45.4 Å². The first kappa shape index (κ1) is 9.61. The summed E-state index contributed by atoms with van der Waals surface area (Å²) in [6, 6.07) is 0. The Hall–Kier alpha value is -0.480. The average Bonchev–Trinajstić information content (AvgIpc) is 2.02. The van der Waals surface area contributed by atoms with E-state index in [4.69, 9.17) is 6.42 Å². The van der Waals surface area contributed by atoms with Gasteiger partial charge in [0.1, 0.15) is 0 Å². The van der Waals surface area contributed by atoms with Gasteiger partial charge in [0.2, 0.25) is 0 Å². The molecule has 0 aromatic carbocycles. The summed E-state index contributed by atoms with van der Waals surface area (Å²) < 4.78 is 0. The molecule has 2 atom stereocenters. The predicted molar refractivity (Wildman–Crippen MR) is 50.6 cm³/mol. The van der Waals surface area contributed by atoms with Gasteiger partial charge < -0.3 is 5.11 Å². The fraction of sp³-hybridized carbons (Fsp3) is 0.818. The van der Waals surface area contributed by atoms with Crippen molar-refractivity contribution in [2.24, 2.45) is 5.92 Å². The maximum Gasteiger partial charge on any atom is 0.0648 e.